The van der Waals surface area contributed by atoms with E-state index in [0.29, 0.717) is 11.3 Å². The molecule has 3 nitrogen and oxygen atoms in total. The lowest BCUT2D eigenvalue weighted by molar-refractivity contribution is -0.304. The van der Waals surface area contributed by atoms with E-state index in [9.17, 15) is 18.7 Å². The monoisotopic (exact) mass is 241 g/mol. The molecule has 1 aromatic carbocycles. The number of aliphatic carboxylic acids is 1. The molecule has 0 unspecified atom stereocenters. The summed E-state index contributed by atoms with van der Waals surface area (Å²) in [4.78, 5) is 10.3. The summed E-state index contributed by atoms with van der Waals surface area (Å²) in [5.41, 5.74) is 0.594. The second kappa shape index (κ2) is 4.31. The molecule has 1 aliphatic carbocycles. The molecule has 0 bridgehead atoms. The summed E-state index contributed by atoms with van der Waals surface area (Å²) in [6.07, 6.45) is -1.12. The highest BCUT2D eigenvalue weighted by Crippen LogP contribution is 2.39. The molecular weight excluding hydrogens is 230 g/mol. The first kappa shape index (κ1) is 11.8. The first-order valence-corrected chi connectivity index (χ1v) is 5.28. The number of halogens is 2. The Labute approximate surface area is 97.0 Å². The predicted molar refractivity (Wildman–Crippen MR) is 53.8 cm³/mol. The highest BCUT2D eigenvalue weighted by molar-refractivity contribution is 5.67. The van der Waals surface area contributed by atoms with Gasteiger partial charge < -0.3 is 14.6 Å². The van der Waals surface area contributed by atoms with Gasteiger partial charge >= 0.3 is 0 Å². The molecule has 5 heteroatoms. The Kier molecular flexibility index (Phi) is 3.00. The maximum absolute atomic E-state index is 12.5. The largest absolute Gasteiger partial charge is 0.550 e. The number of ether oxygens (including phenoxy) is 1. The lowest BCUT2D eigenvalue weighted by atomic mass is 9.91. The zero-order chi connectivity index (χ0) is 12.5. The van der Waals surface area contributed by atoms with Crippen LogP contribution in [0.4, 0.5) is 8.78 Å². The van der Waals surface area contributed by atoms with Crippen molar-refractivity contribution < 1.29 is 23.4 Å². The number of carboxylic acid groups (broad SMARTS) is 1. The quantitative estimate of drug-likeness (QED) is 0.794. The van der Waals surface area contributed by atoms with Crippen LogP contribution in [-0.2, 0) is 11.2 Å². The Hall–Kier alpha value is -1.65. The van der Waals surface area contributed by atoms with Crippen LogP contribution in [0, 0.1) is 0 Å². The van der Waals surface area contributed by atoms with Crippen LogP contribution >= 0.6 is 0 Å². The summed E-state index contributed by atoms with van der Waals surface area (Å²) < 4.78 is 30.4. The van der Waals surface area contributed by atoms with Gasteiger partial charge in [0.05, 0.1) is 0 Å². The Bertz CT molecular complexity index is 406. The van der Waals surface area contributed by atoms with E-state index in [2.05, 4.69) is 0 Å². The number of hydrogen-bond donors (Lipinski definition) is 0. The lowest BCUT2D eigenvalue weighted by Gasteiger charge is -2.34. The third kappa shape index (κ3) is 3.15. The molecule has 1 aromatic rings. The number of carbonyl (C=O) groups excluding carboxylic acids is 1. The van der Waals surface area contributed by atoms with Crippen molar-refractivity contribution in [2.45, 2.75) is 31.3 Å². The first-order valence-electron chi connectivity index (χ1n) is 5.28. The SMILES string of the molecule is O=C([O-])Cc1ccc(OC2CC(F)(F)C2)cc1. The molecule has 17 heavy (non-hydrogen) atoms. The smallest absolute Gasteiger partial charge is 0.255 e. The van der Waals surface area contributed by atoms with E-state index in [1.807, 2.05) is 0 Å². The summed E-state index contributed by atoms with van der Waals surface area (Å²) in [5, 5.41) is 10.3. The minimum absolute atomic E-state index is 0.165. The third-order valence-electron chi connectivity index (χ3n) is 2.63. The van der Waals surface area contributed by atoms with E-state index in [-0.39, 0.29) is 19.3 Å². The molecule has 92 valence electrons. The highest BCUT2D eigenvalue weighted by atomic mass is 19.3. The van der Waals surface area contributed by atoms with Crippen LogP contribution in [0.5, 0.6) is 5.75 Å². The summed E-state index contributed by atoms with van der Waals surface area (Å²) in [6.45, 7) is 0. The Balaban J connectivity index is 1.88. The van der Waals surface area contributed by atoms with Gasteiger partial charge in [0.1, 0.15) is 11.9 Å². The molecule has 2 rings (SSSR count). The Morgan fingerprint density at radius 2 is 1.94 bits per heavy atom. The number of hydrogen-bond acceptors (Lipinski definition) is 3. The topological polar surface area (TPSA) is 49.4 Å². The zero-order valence-corrected chi connectivity index (χ0v) is 8.99. The van der Waals surface area contributed by atoms with Gasteiger partial charge in [-0.25, -0.2) is 8.78 Å². The summed E-state index contributed by atoms with van der Waals surface area (Å²) in [7, 11) is 0. The molecule has 1 aliphatic rings. The second-order valence-corrected chi connectivity index (χ2v) is 4.20. The number of benzene rings is 1. The molecule has 0 spiro atoms. The normalized spacial score (nSPS) is 18.5. The van der Waals surface area contributed by atoms with E-state index in [1.165, 1.54) is 0 Å². The van der Waals surface area contributed by atoms with Gasteiger partial charge in [0.15, 0.2) is 0 Å². The predicted octanol–water partition coefficient (Wildman–Crippen LogP) is 1.16. The van der Waals surface area contributed by atoms with Crippen LogP contribution in [0.1, 0.15) is 18.4 Å². The van der Waals surface area contributed by atoms with Crippen molar-refractivity contribution in [3.05, 3.63) is 29.8 Å². The van der Waals surface area contributed by atoms with Crippen LogP contribution in [0.25, 0.3) is 0 Å². The average molecular weight is 241 g/mol. The minimum atomic E-state index is -2.60. The van der Waals surface area contributed by atoms with Gasteiger partial charge in [0.25, 0.3) is 5.92 Å². The first-order chi connectivity index (χ1) is 7.94. The molecule has 0 atom stereocenters. The molecule has 0 radical (unpaired) electrons. The molecule has 0 aromatic heterocycles. The van der Waals surface area contributed by atoms with E-state index in [0.717, 1.165) is 0 Å². The van der Waals surface area contributed by atoms with Crippen molar-refractivity contribution in [1.82, 2.24) is 0 Å². The van der Waals surface area contributed by atoms with Crippen molar-refractivity contribution in [2.24, 2.45) is 0 Å². The van der Waals surface area contributed by atoms with Gasteiger partial charge in [-0.15, -0.1) is 0 Å². The van der Waals surface area contributed by atoms with Gasteiger partial charge in [-0.3, -0.25) is 0 Å². The molecule has 0 N–H and O–H groups in total. The minimum Gasteiger partial charge on any atom is -0.550 e. The van der Waals surface area contributed by atoms with Gasteiger partial charge in [-0.1, -0.05) is 12.1 Å². The van der Waals surface area contributed by atoms with Crippen LogP contribution in [0.15, 0.2) is 24.3 Å². The van der Waals surface area contributed by atoms with Crippen LogP contribution in [0.2, 0.25) is 0 Å². The molecule has 0 aliphatic heterocycles. The Morgan fingerprint density at radius 1 is 1.35 bits per heavy atom. The number of rotatable bonds is 4. The van der Waals surface area contributed by atoms with Crippen molar-refractivity contribution in [1.29, 1.82) is 0 Å². The van der Waals surface area contributed by atoms with Crippen LogP contribution in [0.3, 0.4) is 0 Å². The lowest BCUT2D eigenvalue weighted by Crippen LogP contribution is -2.43. The molecule has 0 saturated heterocycles. The molecule has 0 amide bonds. The fourth-order valence-electron chi connectivity index (χ4n) is 1.73. The van der Waals surface area contributed by atoms with Crippen LogP contribution in [-0.4, -0.2) is 18.0 Å². The second-order valence-electron chi connectivity index (χ2n) is 4.20. The van der Waals surface area contributed by atoms with Gasteiger partial charge in [-0.2, -0.15) is 0 Å². The maximum Gasteiger partial charge on any atom is 0.255 e. The molecule has 0 heterocycles. The fourth-order valence-corrected chi connectivity index (χ4v) is 1.73. The average Bonchev–Trinajstić information content (AvgIpc) is 2.17. The summed E-state index contributed by atoms with van der Waals surface area (Å²) in [5.74, 6) is -3.27. The summed E-state index contributed by atoms with van der Waals surface area (Å²) in [6, 6.07) is 6.33. The van der Waals surface area contributed by atoms with Crippen molar-refractivity contribution in [3.63, 3.8) is 0 Å². The van der Waals surface area contributed by atoms with Crippen molar-refractivity contribution >= 4 is 5.97 Å². The van der Waals surface area contributed by atoms with Gasteiger partial charge in [0, 0.05) is 25.2 Å². The zero-order valence-electron chi connectivity index (χ0n) is 8.99. The van der Waals surface area contributed by atoms with E-state index in [1.54, 1.807) is 24.3 Å². The molecule has 1 fully saturated rings. The summed E-state index contributed by atoms with van der Waals surface area (Å²) >= 11 is 0. The van der Waals surface area contributed by atoms with Gasteiger partial charge in [-0.05, 0) is 17.7 Å². The number of carboxylic acids is 1. The fraction of sp³-hybridized carbons (Fsp3) is 0.417. The van der Waals surface area contributed by atoms with Crippen molar-refractivity contribution in [2.75, 3.05) is 0 Å². The van der Waals surface area contributed by atoms with Crippen LogP contribution < -0.4 is 9.84 Å². The van der Waals surface area contributed by atoms with Crippen molar-refractivity contribution in [3.8, 4) is 5.75 Å². The highest BCUT2D eigenvalue weighted by Gasteiger charge is 2.46. The van der Waals surface area contributed by atoms with E-state index >= 15 is 0 Å². The Morgan fingerprint density at radius 3 is 2.41 bits per heavy atom. The molecular formula is C12H11F2O3-. The van der Waals surface area contributed by atoms with Gasteiger partial charge in [0.2, 0.25) is 0 Å². The maximum atomic E-state index is 12.5. The van der Waals surface area contributed by atoms with E-state index < -0.39 is 18.0 Å². The van der Waals surface area contributed by atoms with E-state index in [4.69, 9.17) is 4.74 Å². The standard InChI is InChI=1S/C12H12F2O3/c13-12(14)6-10(7-12)17-9-3-1-8(2-4-9)5-11(15)16/h1-4,10H,5-7H2,(H,15,16)/p-1. The number of alkyl halides is 2. The number of carbonyl (C=O) groups is 1. The third-order valence-corrected chi connectivity index (χ3v) is 2.63. The molecule has 1 saturated carbocycles.